The van der Waals surface area contributed by atoms with Gasteiger partial charge in [-0.2, -0.15) is 0 Å². The average Bonchev–Trinajstić information content (AvgIpc) is 2.87. The van der Waals surface area contributed by atoms with Gasteiger partial charge in [0.2, 0.25) is 0 Å². The van der Waals surface area contributed by atoms with Gasteiger partial charge >= 0.3 is 0 Å². The third-order valence-electron chi connectivity index (χ3n) is 3.79. The molecule has 2 aliphatic heterocycles. The Bertz CT molecular complexity index is 579. The van der Waals surface area contributed by atoms with Gasteiger partial charge in [-0.25, -0.2) is 9.38 Å². The Morgan fingerprint density at radius 1 is 1.35 bits per heavy atom. The first-order chi connectivity index (χ1) is 8.22. The van der Waals surface area contributed by atoms with E-state index in [1.54, 1.807) is 0 Å². The zero-order valence-electron chi connectivity index (χ0n) is 9.03. The van der Waals surface area contributed by atoms with Gasteiger partial charge in [0, 0.05) is 28.5 Å². The highest BCUT2D eigenvalue weighted by Gasteiger charge is 2.41. The molecular weight excluding hydrogens is 283 g/mol. The van der Waals surface area contributed by atoms with E-state index in [2.05, 4.69) is 38.0 Å². The lowest BCUT2D eigenvalue weighted by Gasteiger charge is -2.31. The summed E-state index contributed by atoms with van der Waals surface area (Å²) < 4.78 is 14.6. The number of aliphatic imine (C=N–C) groups is 1. The summed E-state index contributed by atoms with van der Waals surface area (Å²) in [6, 6.07) is 3.84. The molecule has 0 spiro atoms. The van der Waals surface area contributed by atoms with Crippen molar-refractivity contribution in [3.63, 3.8) is 0 Å². The van der Waals surface area contributed by atoms with Crippen LogP contribution in [0.4, 0.5) is 10.1 Å². The molecule has 0 N–H and O–H groups in total. The predicted molar refractivity (Wildman–Crippen MR) is 67.8 cm³/mol. The summed E-state index contributed by atoms with van der Waals surface area (Å²) in [5, 5.41) is 0. The van der Waals surface area contributed by atoms with Crippen LogP contribution in [0.3, 0.4) is 0 Å². The molecule has 4 rings (SSSR count). The Morgan fingerprint density at radius 2 is 2.24 bits per heavy atom. The first kappa shape index (κ1) is 9.83. The fourth-order valence-corrected chi connectivity index (χ4v) is 3.39. The molecule has 0 saturated carbocycles. The van der Waals surface area contributed by atoms with Crippen molar-refractivity contribution in [2.45, 2.75) is 19.0 Å². The van der Waals surface area contributed by atoms with E-state index in [0.29, 0.717) is 18.5 Å². The minimum Gasteiger partial charge on any atom is -0.349 e. The van der Waals surface area contributed by atoms with Gasteiger partial charge < -0.3 is 4.90 Å². The second-order valence-corrected chi connectivity index (χ2v) is 5.69. The third kappa shape index (κ3) is 1.27. The van der Waals surface area contributed by atoms with Crippen molar-refractivity contribution in [1.29, 1.82) is 0 Å². The quantitative estimate of drug-likeness (QED) is 0.669. The molecule has 2 bridgehead atoms. The van der Waals surface area contributed by atoms with Crippen molar-refractivity contribution in [3.05, 3.63) is 40.1 Å². The van der Waals surface area contributed by atoms with Gasteiger partial charge in [0.25, 0.3) is 0 Å². The highest BCUT2D eigenvalue weighted by atomic mass is 79.9. The summed E-state index contributed by atoms with van der Waals surface area (Å²) >= 11 is 3.32. The van der Waals surface area contributed by atoms with Crippen molar-refractivity contribution in [2.24, 2.45) is 10.9 Å². The van der Waals surface area contributed by atoms with Gasteiger partial charge in [-0.3, -0.25) is 0 Å². The van der Waals surface area contributed by atoms with E-state index < -0.39 is 0 Å². The molecule has 0 amide bonds. The molecule has 1 aromatic carbocycles. The number of fused-ring (bicyclic) bond motifs is 6. The second-order valence-electron chi connectivity index (χ2n) is 4.78. The van der Waals surface area contributed by atoms with Crippen molar-refractivity contribution >= 4 is 27.5 Å². The fraction of sp³-hybridized carbons (Fsp3) is 0.308. The van der Waals surface area contributed by atoms with E-state index in [-0.39, 0.29) is 5.82 Å². The van der Waals surface area contributed by atoms with Crippen LogP contribution in [0.5, 0.6) is 0 Å². The molecule has 1 aliphatic carbocycles. The molecule has 4 heteroatoms. The number of nitrogens with zero attached hydrogens (tertiary/aromatic N) is 2. The maximum Gasteiger partial charge on any atom is 0.131 e. The molecular formula is C13H10BrFN2. The smallest absolute Gasteiger partial charge is 0.131 e. The van der Waals surface area contributed by atoms with Crippen molar-refractivity contribution in [2.75, 3.05) is 0 Å². The largest absolute Gasteiger partial charge is 0.349 e. The van der Waals surface area contributed by atoms with E-state index in [1.807, 2.05) is 6.07 Å². The van der Waals surface area contributed by atoms with Crippen LogP contribution in [0.15, 0.2) is 33.7 Å². The summed E-state index contributed by atoms with van der Waals surface area (Å²) in [6.45, 7) is 0.652. The summed E-state index contributed by atoms with van der Waals surface area (Å²) in [5.74, 6) is 1.39. The molecule has 0 radical (unpaired) electrons. The van der Waals surface area contributed by atoms with Gasteiger partial charge in [0.1, 0.15) is 11.7 Å². The zero-order valence-corrected chi connectivity index (χ0v) is 10.6. The Morgan fingerprint density at radius 3 is 3.12 bits per heavy atom. The maximum absolute atomic E-state index is 13.9. The number of benzene rings is 1. The second kappa shape index (κ2) is 3.19. The minimum absolute atomic E-state index is 0.163. The monoisotopic (exact) mass is 292 g/mol. The van der Waals surface area contributed by atoms with Crippen LogP contribution in [0.1, 0.15) is 12.0 Å². The van der Waals surface area contributed by atoms with E-state index >= 15 is 0 Å². The molecule has 0 aromatic heterocycles. The Hall–Kier alpha value is -1.16. The standard InChI is InChI=1S/C13H10BrFN2/c14-8-4-11(15)10-6-17-9-2-1-7(3-9)13(17)16-12(10)5-8/h1-2,4-5,7,9H,3,6H2. The van der Waals surface area contributed by atoms with Gasteiger partial charge in [0.15, 0.2) is 0 Å². The van der Waals surface area contributed by atoms with Gasteiger partial charge in [-0.05, 0) is 18.6 Å². The van der Waals surface area contributed by atoms with E-state index in [1.165, 1.54) is 6.07 Å². The molecule has 86 valence electrons. The van der Waals surface area contributed by atoms with Gasteiger partial charge in [-0.1, -0.05) is 28.1 Å². The average molecular weight is 293 g/mol. The number of halogens is 2. The first-order valence-electron chi connectivity index (χ1n) is 5.74. The molecule has 2 heterocycles. The molecule has 2 unspecified atom stereocenters. The Kier molecular flexibility index (Phi) is 1.85. The lowest BCUT2D eigenvalue weighted by atomic mass is 10.1. The third-order valence-corrected chi connectivity index (χ3v) is 4.25. The highest BCUT2D eigenvalue weighted by Crippen LogP contribution is 2.41. The van der Waals surface area contributed by atoms with Crippen LogP contribution >= 0.6 is 15.9 Å². The van der Waals surface area contributed by atoms with E-state index in [0.717, 1.165) is 28.0 Å². The number of hydrogen-bond donors (Lipinski definition) is 0. The molecule has 1 fully saturated rings. The fourth-order valence-electron chi connectivity index (χ4n) is 2.97. The molecule has 2 nitrogen and oxygen atoms in total. The van der Waals surface area contributed by atoms with Crippen LogP contribution in [0.25, 0.3) is 0 Å². The first-order valence-corrected chi connectivity index (χ1v) is 6.53. The summed E-state index contributed by atoms with van der Waals surface area (Å²) in [4.78, 5) is 6.86. The lowest BCUT2D eigenvalue weighted by Crippen LogP contribution is -2.36. The SMILES string of the molecule is Fc1cc(Br)cc2c1CN1C(=N2)C2C=CC1C2. The van der Waals surface area contributed by atoms with Crippen LogP contribution in [-0.4, -0.2) is 16.8 Å². The molecule has 2 atom stereocenters. The topological polar surface area (TPSA) is 15.6 Å². The van der Waals surface area contributed by atoms with E-state index in [4.69, 9.17) is 0 Å². The van der Waals surface area contributed by atoms with Gasteiger partial charge in [-0.15, -0.1) is 0 Å². The molecule has 17 heavy (non-hydrogen) atoms. The van der Waals surface area contributed by atoms with Crippen LogP contribution in [-0.2, 0) is 6.54 Å². The summed E-state index contributed by atoms with van der Waals surface area (Å²) in [5.41, 5.74) is 1.50. The lowest BCUT2D eigenvalue weighted by molar-refractivity contribution is 0.370. The van der Waals surface area contributed by atoms with Gasteiger partial charge in [0.05, 0.1) is 5.69 Å². The molecule has 1 saturated heterocycles. The summed E-state index contributed by atoms with van der Waals surface area (Å²) in [7, 11) is 0. The molecule has 3 aliphatic rings. The normalized spacial score (nSPS) is 28.1. The Labute approximate surface area is 107 Å². The highest BCUT2D eigenvalue weighted by molar-refractivity contribution is 9.10. The van der Waals surface area contributed by atoms with Crippen molar-refractivity contribution in [1.82, 2.24) is 4.90 Å². The maximum atomic E-state index is 13.9. The Balaban J connectivity index is 1.90. The summed E-state index contributed by atoms with van der Waals surface area (Å²) in [6.07, 6.45) is 5.54. The van der Waals surface area contributed by atoms with Crippen LogP contribution in [0.2, 0.25) is 0 Å². The van der Waals surface area contributed by atoms with Crippen molar-refractivity contribution in [3.8, 4) is 0 Å². The number of amidine groups is 1. The van der Waals surface area contributed by atoms with Crippen LogP contribution < -0.4 is 0 Å². The van der Waals surface area contributed by atoms with Crippen molar-refractivity contribution < 1.29 is 4.39 Å². The minimum atomic E-state index is -0.163. The predicted octanol–water partition coefficient (Wildman–Crippen LogP) is 3.39. The molecule has 1 aromatic rings. The number of hydrogen-bond acceptors (Lipinski definition) is 2. The zero-order chi connectivity index (χ0) is 11.6. The number of rotatable bonds is 0. The van der Waals surface area contributed by atoms with Crippen LogP contribution in [0, 0.1) is 11.7 Å². The van der Waals surface area contributed by atoms with E-state index in [9.17, 15) is 4.39 Å².